The van der Waals surface area contributed by atoms with Crippen molar-refractivity contribution >= 4 is 23.2 Å². The van der Waals surface area contributed by atoms with E-state index in [0.717, 1.165) is 24.0 Å². The molecule has 0 heterocycles. The van der Waals surface area contributed by atoms with Crippen LogP contribution in [0.1, 0.15) is 23.6 Å². The quantitative estimate of drug-likeness (QED) is 0.810. The zero-order valence-corrected chi connectivity index (χ0v) is 11.3. The van der Waals surface area contributed by atoms with Gasteiger partial charge in [0.05, 0.1) is 0 Å². The van der Waals surface area contributed by atoms with Crippen molar-refractivity contribution in [2.24, 2.45) is 5.73 Å². The molecule has 0 spiro atoms. The summed E-state index contributed by atoms with van der Waals surface area (Å²) < 4.78 is 0. The summed E-state index contributed by atoms with van der Waals surface area (Å²) in [7, 11) is 0. The van der Waals surface area contributed by atoms with Crippen LogP contribution in [0.4, 0.5) is 0 Å². The second-order valence-corrected chi connectivity index (χ2v) is 5.43. The molecule has 1 aliphatic carbocycles. The molecule has 18 heavy (non-hydrogen) atoms. The topological polar surface area (TPSA) is 26.0 Å². The van der Waals surface area contributed by atoms with Crippen LogP contribution >= 0.6 is 23.2 Å². The van der Waals surface area contributed by atoms with Crippen molar-refractivity contribution in [1.82, 2.24) is 0 Å². The number of rotatable bonds is 1. The van der Waals surface area contributed by atoms with Gasteiger partial charge in [-0.3, -0.25) is 0 Å². The minimum atomic E-state index is 0.140. The van der Waals surface area contributed by atoms with E-state index in [0.29, 0.717) is 10.0 Å². The molecule has 2 N–H and O–H groups in total. The lowest BCUT2D eigenvalue weighted by molar-refractivity contribution is 0.713. The molecule has 2 aromatic carbocycles. The van der Waals surface area contributed by atoms with Gasteiger partial charge >= 0.3 is 0 Å². The van der Waals surface area contributed by atoms with Crippen molar-refractivity contribution in [2.45, 2.75) is 18.9 Å². The van der Waals surface area contributed by atoms with Gasteiger partial charge in [-0.05, 0) is 41.7 Å². The van der Waals surface area contributed by atoms with Crippen LogP contribution in [0.15, 0.2) is 36.4 Å². The maximum atomic E-state index is 6.29. The van der Waals surface area contributed by atoms with Gasteiger partial charge in [-0.1, -0.05) is 47.5 Å². The summed E-state index contributed by atoms with van der Waals surface area (Å²) >= 11 is 12.6. The highest BCUT2D eigenvalue weighted by Gasteiger charge is 2.23. The van der Waals surface area contributed by atoms with Crippen molar-refractivity contribution in [3.8, 4) is 11.1 Å². The summed E-state index contributed by atoms with van der Waals surface area (Å²) in [5.41, 5.74) is 10.7. The molecule has 0 unspecified atom stereocenters. The first-order valence-electron chi connectivity index (χ1n) is 6.00. The van der Waals surface area contributed by atoms with E-state index < -0.39 is 0 Å². The van der Waals surface area contributed by atoms with Gasteiger partial charge in [0.2, 0.25) is 0 Å². The van der Waals surface area contributed by atoms with E-state index in [9.17, 15) is 0 Å². The Balaban J connectivity index is 2.25. The number of hydrogen-bond donors (Lipinski definition) is 1. The molecule has 0 saturated heterocycles. The lowest BCUT2D eigenvalue weighted by atomic mass is 9.96. The predicted molar refractivity (Wildman–Crippen MR) is 77.1 cm³/mol. The maximum Gasteiger partial charge on any atom is 0.0499 e. The fraction of sp³-hybridized carbons (Fsp3) is 0.200. The standard InChI is InChI=1S/C15H13Cl2N/c16-12-5-2-6-13(17)15(12)11-4-1-3-10-9(11)7-8-14(10)18/h1-6,14H,7-8,18H2/t14-/m1/s1. The van der Waals surface area contributed by atoms with Gasteiger partial charge < -0.3 is 5.73 Å². The van der Waals surface area contributed by atoms with Gasteiger partial charge in [-0.2, -0.15) is 0 Å². The largest absolute Gasteiger partial charge is 0.324 e. The molecule has 1 nitrogen and oxygen atoms in total. The molecule has 0 fully saturated rings. The Morgan fingerprint density at radius 1 is 1.00 bits per heavy atom. The second kappa shape index (κ2) is 4.58. The van der Waals surface area contributed by atoms with E-state index in [2.05, 4.69) is 12.1 Å². The van der Waals surface area contributed by atoms with Crippen LogP contribution in [0.5, 0.6) is 0 Å². The summed E-state index contributed by atoms with van der Waals surface area (Å²) in [6, 6.07) is 11.9. The number of halogens is 2. The predicted octanol–water partition coefficient (Wildman–Crippen LogP) is 4.61. The Morgan fingerprint density at radius 2 is 1.67 bits per heavy atom. The first kappa shape index (κ1) is 12.0. The molecule has 0 saturated carbocycles. The molecule has 92 valence electrons. The molecule has 0 amide bonds. The molecule has 2 aromatic rings. The second-order valence-electron chi connectivity index (χ2n) is 4.62. The molecular weight excluding hydrogens is 265 g/mol. The minimum Gasteiger partial charge on any atom is -0.324 e. The van der Waals surface area contributed by atoms with Crippen molar-refractivity contribution in [3.63, 3.8) is 0 Å². The number of nitrogens with two attached hydrogens (primary N) is 1. The average molecular weight is 278 g/mol. The number of benzene rings is 2. The summed E-state index contributed by atoms with van der Waals surface area (Å²) in [4.78, 5) is 0. The molecule has 3 rings (SSSR count). The van der Waals surface area contributed by atoms with Gasteiger partial charge in [-0.15, -0.1) is 0 Å². The van der Waals surface area contributed by atoms with Crippen LogP contribution in [-0.4, -0.2) is 0 Å². The van der Waals surface area contributed by atoms with Crippen LogP contribution < -0.4 is 5.73 Å². The lowest BCUT2D eigenvalue weighted by Gasteiger charge is -2.12. The van der Waals surface area contributed by atoms with Crippen LogP contribution in [0.3, 0.4) is 0 Å². The molecule has 1 aliphatic rings. The fourth-order valence-corrected chi connectivity index (χ4v) is 3.28. The average Bonchev–Trinajstić information content (AvgIpc) is 2.72. The third-order valence-electron chi connectivity index (χ3n) is 3.55. The SMILES string of the molecule is N[C@@H]1CCc2c(-c3c(Cl)cccc3Cl)cccc21. The highest BCUT2D eigenvalue weighted by Crippen LogP contribution is 2.41. The summed E-state index contributed by atoms with van der Waals surface area (Å²) in [6.07, 6.45) is 1.99. The molecule has 0 aliphatic heterocycles. The molecule has 0 aromatic heterocycles. The van der Waals surface area contributed by atoms with E-state index >= 15 is 0 Å². The Hall–Kier alpha value is -1.02. The first-order valence-corrected chi connectivity index (χ1v) is 6.76. The van der Waals surface area contributed by atoms with E-state index in [1.54, 1.807) is 0 Å². The smallest absolute Gasteiger partial charge is 0.0499 e. The maximum absolute atomic E-state index is 6.29. The Morgan fingerprint density at radius 3 is 2.39 bits per heavy atom. The highest BCUT2D eigenvalue weighted by molar-refractivity contribution is 6.39. The number of fused-ring (bicyclic) bond motifs is 1. The molecule has 0 bridgehead atoms. The van der Waals surface area contributed by atoms with E-state index in [1.165, 1.54) is 11.1 Å². The number of hydrogen-bond acceptors (Lipinski definition) is 1. The van der Waals surface area contributed by atoms with Crippen LogP contribution in [-0.2, 0) is 6.42 Å². The van der Waals surface area contributed by atoms with E-state index in [-0.39, 0.29) is 6.04 Å². The van der Waals surface area contributed by atoms with Crippen LogP contribution in [0, 0.1) is 0 Å². The van der Waals surface area contributed by atoms with E-state index in [4.69, 9.17) is 28.9 Å². The summed E-state index contributed by atoms with van der Waals surface area (Å²) in [5, 5.41) is 1.38. The third-order valence-corrected chi connectivity index (χ3v) is 4.18. The van der Waals surface area contributed by atoms with Crippen molar-refractivity contribution in [1.29, 1.82) is 0 Å². The van der Waals surface area contributed by atoms with Crippen molar-refractivity contribution in [3.05, 3.63) is 57.6 Å². The zero-order chi connectivity index (χ0) is 12.7. The van der Waals surface area contributed by atoms with Gasteiger partial charge in [0, 0.05) is 21.7 Å². The van der Waals surface area contributed by atoms with Gasteiger partial charge in [0.25, 0.3) is 0 Å². The van der Waals surface area contributed by atoms with Crippen molar-refractivity contribution in [2.75, 3.05) is 0 Å². The van der Waals surface area contributed by atoms with Gasteiger partial charge in [0.15, 0.2) is 0 Å². The minimum absolute atomic E-state index is 0.140. The third kappa shape index (κ3) is 1.83. The Kier molecular flexibility index (Phi) is 3.06. The normalized spacial score (nSPS) is 17.8. The van der Waals surface area contributed by atoms with Gasteiger partial charge in [0.1, 0.15) is 0 Å². The zero-order valence-electron chi connectivity index (χ0n) is 9.79. The molecule has 3 heteroatoms. The van der Waals surface area contributed by atoms with Crippen LogP contribution in [0.25, 0.3) is 11.1 Å². The van der Waals surface area contributed by atoms with Crippen molar-refractivity contribution < 1.29 is 0 Å². The summed E-state index contributed by atoms with van der Waals surface area (Å²) in [5.74, 6) is 0. The Labute approximate surface area is 117 Å². The molecular formula is C15H13Cl2N. The molecule has 0 radical (unpaired) electrons. The summed E-state index contributed by atoms with van der Waals surface area (Å²) in [6.45, 7) is 0. The van der Waals surface area contributed by atoms with Gasteiger partial charge in [-0.25, -0.2) is 0 Å². The molecule has 1 atom stereocenters. The Bertz CT molecular complexity index is 587. The van der Waals surface area contributed by atoms with Crippen LogP contribution in [0.2, 0.25) is 10.0 Å². The van der Waals surface area contributed by atoms with E-state index in [1.807, 2.05) is 24.3 Å². The lowest BCUT2D eigenvalue weighted by Crippen LogP contribution is -2.04. The highest BCUT2D eigenvalue weighted by atomic mass is 35.5. The monoisotopic (exact) mass is 277 g/mol. The fourth-order valence-electron chi connectivity index (χ4n) is 2.68. The first-order chi connectivity index (χ1) is 8.68.